The molecule has 1 amide bonds. The second-order valence-electron chi connectivity index (χ2n) is 6.67. The fraction of sp³-hybridized carbons (Fsp3) is 0.100. The Kier molecular flexibility index (Phi) is 6.39. The van der Waals surface area contributed by atoms with Crippen molar-refractivity contribution < 1.29 is 21.6 Å². The van der Waals surface area contributed by atoms with E-state index in [1.807, 2.05) is 0 Å². The van der Waals surface area contributed by atoms with Crippen LogP contribution in [0.2, 0.25) is 0 Å². The minimum Gasteiger partial charge on any atom is -0.346 e. The third-order valence-corrected chi connectivity index (χ3v) is 6.74. The summed E-state index contributed by atoms with van der Waals surface area (Å²) in [5.41, 5.74) is 1.33. The van der Waals surface area contributed by atoms with E-state index >= 15 is 0 Å². The Labute approximate surface area is 180 Å². The number of amides is 1. The van der Waals surface area contributed by atoms with Gasteiger partial charge in [0.15, 0.2) is 0 Å². The predicted octanol–water partition coefficient (Wildman–Crippen LogP) is 2.02. The van der Waals surface area contributed by atoms with E-state index in [0.717, 1.165) is 0 Å². The Balaban J connectivity index is 1.68. The van der Waals surface area contributed by atoms with E-state index in [4.69, 9.17) is 5.14 Å². The maximum Gasteiger partial charge on any atom is 0.261 e. The zero-order chi connectivity index (χ0) is 22.6. The van der Waals surface area contributed by atoms with Crippen molar-refractivity contribution in [2.75, 3.05) is 4.72 Å². The molecule has 0 radical (unpaired) electrons. The number of carbonyl (C=O) groups is 1. The van der Waals surface area contributed by atoms with Crippen LogP contribution in [0, 0.1) is 0 Å². The summed E-state index contributed by atoms with van der Waals surface area (Å²) in [6.45, 7) is 1.74. The molecule has 1 aromatic heterocycles. The maximum atomic E-state index is 12.5. The van der Waals surface area contributed by atoms with Crippen LogP contribution < -0.4 is 15.2 Å². The lowest BCUT2D eigenvalue weighted by molar-refractivity contribution is 0.0939. The number of carbonyl (C=O) groups excluding carboxylic acids is 1. The van der Waals surface area contributed by atoms with Gasteiger partial charge in [-0.25, -0.2) is 22.0 Å². The number of hydrogen-bond acceptors (Lipinski definition) is 6. The molecule has 1 heterocycles. The molecule has 0 saturated heterocycles. The first-order chi connectivity index (χ1) is 14.6. The highest BCUT2D eigenvalue weighted by Crippen LogP contribution is 2.18. The van der Waals surface area contributed by atoms with Gasteiger partial charge in [0.2, 0.25) is 10.0 Å². The van der Waals surface area contributed by atoms with Crippen molar-refractivity contribution in [1.82, 2.24) is 10.3 Å². The van der Waals surface area contributed by atoms with Gasteiger partial charge in [0.1, 0.15) is 0 Å². The van der Waals surface area contributed by atoms with E-state index < -0.39 is 32.0 Å². The lowest BCUT2D eigenvalue weighted by atomic mass is 10.1. The van der Waals surface area contributed by atoms with E-state index in [1.54, 1.807) is 19.1 Å². The number of nitrogens with two attached hydrogens (primary N) is 1. The quantitative estimate of drug-likeness (QED) is 0.491. The van der Waals surface area contributed by atoms with E-state index in [9.17, 15) is 21.6 Å². The van der Waals surface area contributed by atoms with Crippen LogP contribution >= 0.6 is 0 Å². The lowest BCUT2D eigenvalue weighted by Gasteiger charge is -2.15. The predicted molar refractivity (Wildman–Crippen MR) is 115 cm³/mol. The number of hydrogen-bond donors (Lipinski definition) is 3. The first kappa shape index (κ1) is 22.4. The highest BCUT2D eigenvalue weighted by atomic mass is 32.2. The number of sulfonamides is 2. The van der Waals surface area contributed by atoms with E-state index in [2.05, 4.69) is 15.0 Å². The number of primary sulfonamides is 1. The van der Waals surface area contributed by atoms with Crippen LogP contribution in [0.1, 0.15) is 28.9 Å². The highest BCUT2D eigenvalue weighted by molar-refractivity contribution is 7.92. The summed E-state index contributed by atoms with van der Waals surface area (Å²) >= 11 is 0. The Morgan fingerprint density at radius 1 is 0.871 bits per heavy atom. The molecule has 11 heteroatoms. The molecule has 0 aliphatic carbocycles. The van der Waals surface area contributed by atoms with Crippen LogP contribution in [0.3, 0.4) is 0 Å². The SMILES string of the molecule is CC(NC(=O)c1ccc(S(=O)(=O)Nc2ccncc2)cc1)c1ccc(S(N)(=O)=O)cc1. The fourth-order valence-corrected chi connectivity index (χ4v) is 4.30. The molecule has 0 aliphatic rings. The third kappa shape index (κ3) is 5.66. The smallest absolute Gasteiger partial charge is 0.261 e. The van der Waals surface area contributed by atoms with Gasteiger partial charge in [-0.1, -0.05) is 12.1 Å². The van der Waals surface area contributed by atoms with Crippen LogP contribution in [0.15, 0.2) is 82.8 Å². The van der Waals surface area contributed by atoms with Crippen LogP contribution in [0.4, 0.5) is 5.69 Å². The average Bonchev–Trinajstić information content (AvgIpc) is 2.73. The Morgan fingerprint density at radius 2 is 1.42 bits per heavy atom. The standard InChI is InChI=1S/C20H20N4O5S2/c1-14(15-2-6-18(7-3-15)30(21,26)27)23-20(25)16-4-8-19(9-5-16)31(28,29)24-17-10-12-22-13-11-17/h2-14H,1H3,(H,22,24)(H,23,25)(H2,21,26,27). The monoisotopic (exact) mass is 460 g/mol. The first-order valence-electron chi connectivity index (χ1n) is 9.03. The molecule has 162 valence electrons. The lowest BCUT2D eigenvalue weighted by Crippen LogP contribution is -2.26. The number of aromatic nitrogens is 1. The Hall–Kier alpha value is -3.28. The largest absolute Gasteiger partial charge is 0.346 e. The molecule has 0 saturated carbocycles. The van der Waals surface area contributed by atoms with Crippen molar-refractivity contribution in [2.45, 2.75) is 22.8 Å². The minimum atomic E-state index is -3.81. The number of pyridine rings is 1. The molecular weight excluding hydrogens is 440 g/mol. The number of nitrogens with zero attached hydrogens (tertiary/aromatic N) is 1. The molecule has 1 atom stereocenters. The Morgan fingerprint density at radius 3 is 1.97 bits per heavy atom. The van der Waals surface area contributed by atoms with Crippen LogP contribution in [0.25, 0.3) is 0 Å². The van der Waals surface area contributed by atoms with Gasteiger partial charge >= 0.3 is 0 Å². The van der Waals surface area contributed by atoms with Gasteiger partial charge in [-0.05, 0) is 61.0 Å². The number of nitrogens with one attached hydrogen (secondary N) is 2. The summed E-state index contributed by atoms with van der Waals surface area (Å²) < 4.78 is 50.0. The molecule has 0 aliphatic heterocycles. The highest BCUT2D eigenvalue weighted by Gasteiger charge is 2.17. The summed E-state index contributed by atoms with van der Waals surface area (Å²) in [4.78, 5) is 16.3. The number of rotatable bonds is 7. The van der Waals surface area contributed by atoms with Crippen LogP contribution in [0.5, 0.6) is 0 Å². The Bertz CT molecular complexity index is 1280. The molecule has 2 aromatic carbocycles. The van der Waals surface area contributed by atoms with Crippen molar-refractivity contribution in [3.05, 3.63) is 84.2 Å². The summed E-state index contributed by atoms with van der Waals surface area (Å²) in [6, 6.07) is 14.0. The molecule has 9 nitrogen and oxygen atoms in total. The van der Waals surface area contributed by atoms with E-state index in [0.29, 0.717) is 11.3 Å². The van der Waals surface area contributed by atoms with E-state index in [1.165, 1.54) is 60.9 Å². The molecule has 0 fully saturated rings. The van der Waals surface area contributed by atoms with Crippen LogP contribution in [-0.4, -0.2) is 27.7 Å². The third-order valence-electron chi connectivity index (χ3n) is 4.42. The van der Waals surface area contributed by atoms with Gasteiger partial charge in [0.05, 0.1) is 21.5 Å². The molecule has 4 N–H and O–H groups in total. The van der Waals surface area contributed by atoms with Crippen molar-refractivity contribution in [3.63, 3.8) is 0 Å². The summed E-state index contributed by atoms with van der Waals surface area (Å²) in [5, 5.41) is 7.85. The van der Waals surface area contributed by atoms with E-state index in [-0.39, 0.29) is 15.4 Å². The summed E-state index contributed by atoms with van der Waals surface area (Å²) in [5.74, 6) is -0.408. The van der Waals surface area contributed by atoms with Gasteiger partial charge in [-0.3, -0.25) is 14.5 Å². The molecule has 3 aromatic rings. The normalized spacial score (nSPS) is 12.7. The van der Waals surface area contributed by atoms with Gasteiger partial charge in [-0.15, -0.1) is 0 Å². The fourth-order valence-electron chi connectivity index (χ4n) is 2.73. The molecule has 0 bridgehead atoms. The van der Waals surface area contributed by atoms with Gasteiger partial charge in [0.25, 0.3) is 15.9 Å². The van der Waals surface area contributed by atoms with Crippen LogP contribution in [-0.2, 0) is 20.0 Å². The minimum absolute atomic E-state index is 0.00694. The second-order valence-corrected chi connectivity index (χ2v) is 9.92. The number of benzene rings is 2. The molecular formula is C20H20N4O5S2. The molecule has 1 unspecified atom stereocenters. The average molecular weight is 461 g/mol. The first-order valence-corrected chi connectivity index (χ1v) is 12.1. The zero-order valence-corrected chi connectivity index (χ0v) is 18.0. The molecule has 3 rings (SSSR count). The van der Waals surface area contributed by atoms with Gasteiger partial charge in [-0.2, -0.15) is 0 Å². The van der Waals surface area contributed by atoms with Crippen molar-refractivity contribution in [3.8, 4) is 0 Å². The van der Waals surface area contributed by atoms with Crippen molar-refractivity contribution in [1.29, 1.82) is 0 Å². The second kappa shape index (κ2) is 8.84. The number of anilines is 1. The van der Waals surface area contributed by atoms with Crippen molar-refractivity contribution in [2.24, 2.45) is 5.14 Å². The zero-order valence-electron chi connectivity index (χ0n) is 16.4. The van der Waals surface area contributed by atoms with Gasteiger partial charge < -0.3 is 5.32 Å². The maximum absolute atomic E-state index is 12.5. The van der Waals surface area contributed by atoms with Crippen molar-refractivity contribution >= 4 is 31.6 Å². The molecule has 31 heavy (non-hydrogen) atoms. The summed E-state index contributed by atoms with van der Waals surface area (Å²) in [6.07, 6.45) is 2.93. The molecule has 0 spiro atoms. The summed E-state index contributed by atoms with van der Waals surface area (Å²) in [7, 11) is -7.60. The van der Waals surface area contributed by atoms with Gasteiger partial charge in [0, 0.05) is 18.0 Å². The topological polar surface area (TPSA) is 148 Å².